The van der Waals surface area contributed by atoms with Crippen LogP contribution in [0.25, 0.3) is 0 Å². The Morgan fingerprint density at radius 2 is 1.16 bits per heavy atom. The Morgan fingerprint density at radius 1 is 0.667 bits per heavy atom. The fraction of sp³-hybridized carbons (Fsp3) is 0.634. The van der Waals surface area contributed by atoms with E-state index >= 15 is 9.59 Å². The SMILES string of the molecule is CCCCCCCC[Si](CCCCCCCC)(CCCCCCCC)O[C@@H](C(=O)O[C@H]1C[C@@]2(O)[C@@H](OC(=O)c3ccccc3)[C@@H]3[C@]4(OC(C)=O)CO[C@@H]4C[C@H](O)[C@@]3(C)C(=O)[C@H](OC(C)=O)C(=C1C)C2(C)C)[C@@H](NC(=O)c1ccccc1)c1ccccc1. The van der Waals surface area contributed by atoms with Crippen LogP contribution in [0.5, 0.6) is 0 Å². The molecule has 1 saturated heterocycles. The van der Waals surface area contributed by atoms with E-state index in [9.17, 15) is 29.4 Å². The first kappa shape index (κ1) is 69.0. The van der Waals surface area contributed by atoms with Crippen LogP contribution in [-0.4, -0.2) is 109 Å². The molecular weight excluding hydrogens is 1120 g/mol. The summed E-state index contributed by atoms with van der Waals surface area (Å²) in [5.74, 6) is -6.09. The molecule has 1 aliphatic heterocycles. The minimum absolute atomic E-state index is 0.0859. The van der Waals surface area contributed by atoms with Gasteiger partial charge in [0.2, 0.25) is 0 Å². The van der Waals surface area contributed by atoms with E-state index in [-0.39, 0.29) is 29.7 Å². The molecule has 3 aromatic carbocycles. The van der Waals surface area contributed by atoms with Crippen molar-refractivity contribution in [2.45, 2.75) is 263 Å². The first-order chi connectivity index (χ1) is 41.6. The molecule has 3 aliphatic carbocycles. The number of aliphatic hydroxyl groups excluding tert-OH is 1. The molecule has 3 aromatic rings. The number of ketones is 1. The smallest absolute Gasteiger partial charge is 0.338 e. The van der Waals surface area contributed by atoms with E-state index in [0.717, 1.165) is 141 Å². The number of amides is 1. The zero-order valence-electron chi connectivity index (χ0n) is 53.5. The highest BCUT2D eigenvalue weighted by atomic mass is 28.4. The number of hydrogen-bond donors (Lipinski definition) is 3. The molecule has 478 valence electrons. The van der Waals surface area contributed by atoms with Crippen molar-refractivity contribution in [2.75, 3.05) is 6.61 Å². The van der Waals surface area contributed by atoms with Crippen molar-refractivity contribution in [3.63, 3.8) is 0 Å². The molecule has 2 saturated carbocycles. The number of rotatable bonds is 33. The Morgan fingerprint density at radius 3 is 1.64 bits per heavy atom. The van der Waals surface area contributed by atoms with Crippen LogP contribution in [0.1, 0.15) is 223 Å². The number of nitrogens with one attached hydrogen (secondary N) is 1. The zero-order valence-corrected chi connectivity index (χ0v) is 54.5. The summed E-state index contributed by atoms with van der Waals surface area (Å²) in [5.41, 5.74) is -6.40. The maximum absolute atomic E-state index is 16.5. The molecule has 16 heteroatoms. The molecule has 0 spiro atoms. The number of carbonyl (C=O) groups excluding carboxylic acids is 6. The lowest BCUT2D eigenvalue weighted by atomic mass is 9.44. The lowest BCUT2D eigenvalue weighted by molar-refractivity contribution is -0.346. The summed E-state index contributed by atoms with van der Waals surface area (Å²) in [6, 6.07) is 27.5. The second kappa shape index (κ2) is 31.3. The maximum atomic E-state index is 16.5. The van der Waals surface area contributed by atoms with Crippen molar-refractivity contribution < 1.29 is 67.1 Å². The van der Waals surface area contributed by atoms with Crippen molar-refractivity contribution in [1.82, 2.24) is 5.32 Å². The van der Waals surface area contributed by atoms with Crippen LogP contribution in [0.2, 0.25) is 18.1 Å². The Labute approximate surface area is 518 Å². The third-order valence-corrected chi connectivity index (χ3v) is 24.3. The standard InChI is InChI=1S/C71H101NO14Si/c1-10-13-16-19-22-34-43-87(44-35-23-20-17-14-11-2,45-36-24-21-18-15-12-3)86-61(59(52-37-28-25-29-38-52)72-65(77)53-39-30-26-31-40-53)67(79)83-55-47-71(80)64(84-66(78)54-41-32-27-33-42-54)62-69(9,56(75)46-57-70(62,48-81-57)85-51(6)74)63(76)60(82-50(5)73)58(49(55)4)68(71,7)8/h25-33,37-42,55-57,59-62,64,75,80H,10-24,34-36,43-48H2,1-9H3,(H,72,77)/t55-,56-,57+,59-,60+,61+,62-,64-,69+,70-,71+/m0/s1. The molecule has 0 aromatic heterocycles. The zero-order chi connectivity index (χ0) is 63.0. The molecule has 0 radical (unpaired) electrons. The molecule has 4 aliphatic rings. The van der Waals surface area contributed by atoms with Crippen LogP contribution in [0.15, 0.2) is 102 Å². The third-order valence-electron chi connectivity index (χ3n) is 19.8. The van der Waals surface area contributed by atoms with Gasteiger partial charge in [-0.05, 0) is 73.0 Å². The highest BCUT2D eigenvalue weighted by Gasteiger charge is 2.78. The summed E-state index contributed by atoms with van der Waals surface area (Å²) >= 11 is 0. The van der Waals surface area contributed by atoms with Gasteiger partial charge in [0, 0.05) is 37.7 Å². The van der Waals surface area contributed by atoms with Crippen LogP contribution in [0.3, 0.4) is 0 Å². The van der Waals surface area contributed by atoms with Gasteiger partial charge >= 0.3 is 23.9 Å². The topological polar surface area (TPSA) is 210 Å². The largest absolute Gasteiger partial charge is 0.456 e. The maximum Gasteiger partial charge on any atom is 0.338 e. The summed E-state index contributed by atoms with van der Waals surface area (Å²) in [6.45, 7) is 15.2. The van der Waals surface area contributed by atoms with Crippen LogP contribution in [0.4, 0.5) is 0 Å². The summed E-state index contributed by atoms with van der Waals surface area (Å²) < 4.78 is 40.1. The van der Waals surface area contributed by atoms with Crippen LogP contribution >= 0.6 is 0 Å². The van der Waals surface area contributed by atoms with E-state index in [0.29, 0.717) is 11.1 Å². The lowest BCUT2D eigenvalue weighted by Gasteiger charge is -2.67. The molecule has 1 amide bonds. The van der Waals surface area contributed by atoms with Gasteiger partial charge in [-0.25, -0.2) is 9.59 Å². The average Bonchev–Trinajstić information content (AvgIpc) is 0.682. The second-order valence-electron chi connectivity index (χ2n) is 26.2. The van der Waals surface area contributed by atoms with E-state index in [4.69, 9.17) is 28.1 Å². The number of hydrogen-bond acceptors (Lipinski definition) is 14. The van der Waals surface area contributed by atoms with Crippen molar-refractivity contribution >= 4 is 43.9 Å². The van der Waals surface area contributed by atoms with Crippen LogP contribution in [0, 0.1) is 16.7 Å². The predicted octanol–water partition coefficient (Wildman–Crippen LogP) is 13.8. The third kappa shape index (κ3) is 15.7. The highest BCUT2D eigenvalue weighted by molar-refractivity contribution is 6.74. The van der Waals surface area contributed by atoms with Gasteiger partial charge in [0.15, 0.2) is 31.9 Å². The quantitative estimate of drug-likeness (QED) is 0.0170. The number of fused-ring (bicyclic) bond motifs is 5. The minimum atomic E-state index is -3.03. The van der Waals surface area contributed by atoms with Gasteiger partial charge in [-0.2, -0.15) is 0 Å². The summed E-state index contributed by atoms with van der Waals surface area (Å²) in [6.07, 6.45) is 9.53. The molecule has 11 atom stereocenters. The van der Waals surface area contributed by atoms with E-state index in [1.807, 2.05) is 36.4 Å². The normalized spacial score (nSPS) is 26.4. The number of unbranched alkanes of at least 4 members (excludes halogenated alkanes) is 15. The monoisotopic (exact) mass is 1220 g/mol. The Bertz CT molecular complexity index is 2750. The first-order valence-electron chi connectivity index (χ1n) is 32.8. The first-order valence-corrected chi connectivity index (χ1v) is 35.4. The predicted molar refractivity (Wildman–Crippen MR) is 337 cm³/mol. The molecule has 87 heavy (non-hydrogen) atoms. The number of benzene rings is 3. The van der Waals surface area contributed by atoms with E-state index in [2.05, 4.69) is 26.1 Å². The Hall–Kier alpha value is -5.52. The molecule has 1 heterocycles. The molecule has 2 bridgehead atoms. The van der Waals surface area contributed by atoms with Gasteiger partial charge in [-0.15, -0.1) is 0 Å². The number of esters is 4. The van der Waals surface area contributed by atoms with Gasteiger partial charge in [0.25, 0.3) is 5.91 Å². The fourth-order valence-electron chi connectivity index (χ4n) is 14.8. The van der Waals surface area contributed by atoms with E-state index in [1.165, 1.54) is 13.8 Å². The molecule has 7 rings (SSSR count). The summed E-state index contributed by atoms with van der Waals surface area (Å²) in [4.78, 5) is 89.2. The lowest BCUT2D eigenvalue weighted by Crippen LogP contribution is -2.82. The van der Waals surface area contributed by atoms with Gasteiger partial charge < -0.3 is 43.6 Å². The van der Waals surface area contributed by atoms with Crippen molar-refractivity contribution in [3.05, 3.63) is 119 Å². The van der Waals surface area contributed by atoms with Gasteiger partial charge in [0.1, 0.15) is 23.9 Å². The van der Waals surface area contributed by atoms with Crippen molar-refractivity contribution in [2.24, 2.45) is 16.7 Å². The molecule has 3 fully saturated rings. The van der Waals surface area contributed by atoms with Crippen LogP contribution in [-0.2, 0) is 47.3 Å². The molecule has 15 nitrogen and oxygen atoms in total. The number of Topliss-reactive ketones (excluding diaryl/α,β-unsaturated/α-hetero) is 1. The minimum Gasteiger partial charge on any atom is -0.456 e. The molecule has 3 N–H and O–H groups in total. The molecular formula is C71H101NO14Si. The Balaban J connectivity index is 1.44. The van der Waals surface area contributed by atoms with E-state index < -0.39 is 121 Å². The van der Waals surface area contributed by atoms with E-state index in [1.54, 1.807) is 75.4 Å². The van der Waals surface area contributed by atoms with Crippen molar-refractivity contribution in [3.8, 4) is 0 Å². The Kier molecular flexibility index (Phi) is 24.8. The number of aliphatic hydroxyl groups is 2. The number of ether oxygens (including phenoxy) is 5. The van der Waals surface area contributed by atoms with Crippen LogP contribution < -0.4 is 5.32 Å². The average molecular weight is 1220 g/mol. The fourth-order valence-corrected chi connectivity index (χ4v) is 19.3. The highest BCUT2D eigenvalue weighted by Crippen LogP contribution is 2.64. The summed E-state index contributed by atoms with van der Waals surface area (Å²) in [5, 5.41) is 30.2. The van der Waals surface area contributed by atoms with Crippen molar-refractivity contribution in [1.29, 1.82) is 0 Å². The van der Waals surface area contributed by atoms with Gasteiger partial charge in [-0.3, -0.25) is 19.2 Å². The second-order valence-corrected chi connectivity index (χ2v) is 30.3. The van der Waals surface area contributed by atoms with Gasteiger partial charge in [-0.1, -0.05) is 217 Å². The molecule has 0 unspecified atom stereocenters. The summed E-state index contributed by atoms with van der Waals surface area (Å²) in [7, 11) is -3.03. The number of carbonyl (C=O) groups is 6. The van der Waals surface area contributed by atoms with Gasteiger partial charge in [0.05, 0.1) is 35.6 Å².